The van der Waals surface area contributed by atoms with E-state index in [1.54, 1.807) is 13.8 Å². The zero-order valence-corrected chi connectivity index (χ0v) is 22.1. The molecular formula is C24H29F3N8O5. The highest BCUT2D eigenvalue weighted by Crippen LogP contribution is 2.37. The molecule has 0 radical (unpaired) electrons. The van der Waals surface area contributed by atoms with Gasteiger partial charge >= 0.3 is 12.2 Å². The maximum absolute atomic E-state index is 13.5. The van der Waals surface area contributed by atoms with Crippen LogP contribution in [-0.2, 0) is 9.47 Å². The lowest BCUT2D eigenvalue weighted by Crippen LogP contribution is -2.56. The van der Waals surface area contributed by atoms with Crippen molar-refractivity contribution < 1.29 is 37.0 Å². The summed E-state index contributed by atoms with van der Waals surface area (Å²) in [6.07, 6.45) is -0.865. The number of piperidine rings is 1. The van der Waals surface area contributed by atoms with Crippen LogP contribution < -0.4 is 25.2 Å². The van der Waals surface area contributed by atoms with E-state index in [9.17, 15) is 22.8 Å². The van der Waals surface area contributed by atoms with Gasteiger partial charge < -0.3 is 24.4 Å². The Hall–Kier alpha value is -3.79. The Morgan fingerprint density at radius 3 is 2.80 bits per heavy atom. The molecule has 3 aliphatic heterocycles. The van der Waals surface area contributed by atoms with Crippen LogP contribution in [0.3, 0.4) is 0 Å². The number of urea groups is 1. The van der Waals surface area contributed by atoms with Crippen LogP contribution in [-0.4, -0.2) is 88.3 Å². The van der Waals surface area contributed by atoms with Gasteiger partial charge in [0, 0.05) is 19.2 Å². The predicted octanol–water partition coefficient (Wildman–Crippen LogP) is 2.50. The van der Waals surface area contributed by atoms with E-state index in [-0.39, 0.29) is 36.3 Å². The Kier molecular flexibility index (Phi) is 7.39. The Morgan fingerprint density at radius 2 is 2.08 bits per heavy atom. The number of fused-ring (bicyclic) bond motifs is 4. The molecule has 5 heterocycles. The van der Waals surface area contributed by atoms with Gasteiger partial charge in [-0.3, -0.25) is 15.0 Å². The first kappa shape index (κ1) is 27.8. The molecule has 2 bridgehead atoms. The van der Waals surface area contributed by atoms with E-state index in [1.165, 1.54) is 23.5 Å². The molecule has 0 aromatic carbocycles. The van der Waals surface area contributed by atoms with E-state index in [4.69, 9.17) is 14.2 Å². The first-order valence-corrected chi connectivity index (χ1v) is 12.8. The fraction of sp³-hybridized carbons (Fsp3) is 0.583. The molecule has 16 heteroatoms. The Labute approximate surface area is 227 Å². The van der Waals surface area contributed by atoms with Gasteiger partial charge in [0.2, 0.25) is 11.7 Å². The summed E-state index contributed by atoms with van der Waals surface area (Å²) in [6.45, 7) is 6.18. The number of carbonyl (C=O) groups excluding carboxylic acids is 2. The molecule has 5 rings (SSSR count). The first-order chi connectivity index (χ1) is 18.9. The van der Waals surface area contributed by atoms with Gasteiger partial charge in [0.15, 0.2) is 11.6 Å². The fourth-order valence-corrected chi connectivity index (χ4v) is 4.72. The lowest BCUT2D eigenvalue weighted by molar-refractivity contribution is -0.149. The van der Waals surface area contributed by atoms with E-state index < -0.39 is 35.8 Å². The van der Waals surface area contributed by atoms with Crippen LogP contribution in [0, 0.1) is 0 Å². The summed E-state index contributed by atoms with van der Waals surface area (Å²) in [5.41, 5.74) is 0.500. The molecule has 0 aliphatic carbocycles. The smallest absolute Gasteiger partial charge is 0.408 e. The van der Waals surface area contributed by atoms with Gasteiger partial charge in [0.25, 0.3) is 5.91 Å². The third-order valence-electron chi connectivity index (χ3n) is 6.70. The summed E-state index contributed by atoms with van der Waals surface area (Å²) in [7, 11) is 0. The number of hydrogen-bond acceptors (Lipinski definition) is 10. The molecule has 3 amide bonds. The SMILES string of the molecule is C[C@@H](NC(=O)c1ncc2c(n1)N(C(=O)Nc1cc(OC[C@@H]3COC(C)(C)O3)ncn1)C1CCCN2C1)C(F)(F)F. The van der Waals surface area contributed by atoms with E-state index in [0.29, 0.717) is 31.8 Å². The van der Waals surface area contributed by atoms with Crippen LogP contribution in [0.5, 0.6) is 5.88 Å². The number of amides is 3. The van der Waals surface area contributed by atoms with Crippen LogP contribution in [0.1, 0.15) is 44.2 Å². The minimum atomic E-state index is -4.63. The maximum Gasteiger partial charge on any atom is 0.408 e. The molecule has 216 valence electrons. The maximum atomic E-state index is 13.5. The molecule has 13 nitrogen and oxygen atoms in total. The van der Waals surface area contributed by atoms with Crippen molar-refractivity contribution in [2.45, 2.75) is 63.8 Å². The van der Waals surface area contributed by atoms with Crippen molar-refractivity contribution in [1.82, 2.24) is 25.3 Å². The number of aromatic nitrogens is 4. The molecule has 0 saturated carbocycles. The number of nitrogens with zero attached hydrogens (tertiary/aromatic N) is 6. The van der Waals surface area contributed by atoms with Crippen LogP contribution >= 0.6 is 0 Å². The minimum Gasteiger partial charge on any atom is -0.475 e. The van der Waals surface area contributed by atoms with Gasteiger partial charge in [-0.1, -0.05) is 0 Å². The highest BCUT2D eigenvalue weighted by molar-refractivity contribution is 6.04. The van der Waals surface area contributed by atoms with Crippen LogP contribution in [0.25, 0.3) is 0 Å². The average Bonchev–Trinajstić information content (AvgIpc) is 3.25. The summed E-state index contributed by atoms with van der Waals surface area (Å²) in [5.74, 6) is -1.78. The number of ether oxygens (including phenoxy) is 3. The number of nitrogens with one attached hydrogen (secondary N) is 2. The quantitative estimate of drug-likeness (QED) is 0.535. The lowest BCUT2D eigenvalue weighted by Gasteiger charge is -2.45. The topological polar surface area (TPSA) is 144 Å². The summed E-state index contributed by atoms with van der Waals surface area (Å²) >= 11 is 0. The van der Waals surface area contributed by atoms with Crippen LogP contribution in [0.15, 0.2) is 18.6 Å². The zero-order valence-electron chi connectivity index (χ0n) is 22.1. The fourth-order valence-electron chi connectivity index (χ4n) is 4.72. The second-order valence-corrected chi connectivity index (χ2v) is 10.2. The highest BCUT2D eigenvalue weighted by Gasteiger charge is 2.41. The third-order valence-corrected chi connectivity index (χ3v) is 6.70. The molecule has 2 aromatic rings. The molecule has 1 unspecified atom stereocenters. The molecular weight excluding hydrogens is 537 g/mol. The molecule has 40 heavy (non-hydrogen) atoms. The zero-order chi connectivity index (χ0) is 28.7. The summed E-state index contributed by atoms with van der Waals surface area (Å²) in [5, 5.41) is 4.56. The van der Waals surface area contributed by atoms with Gasteiger partial charge in [-0.25, -0.2) is 24.7 Å². The Balaban J connectivity index is 1.33. The highest BCUT2D eigenvalue weighted by atomic mass is 19.4. The average molecular weight is 567 g/mol. The van der Waals surface area contributed by atoms with Crippen LogP contribution in [0.4, 0.5) is 35.3 Å². The van der Waals surface area contributed by atoms with Crippen LogP contribution in [0.2, 0.25) is 0 Å². The molecule has 2 aromatic heterocycles. The second-order valence-electron chi connectivity index (χ2n) is 10.2. The van der Waals surface area contributed by atoms with Crippen molar-refractivity contribution in [3.63, 3.8) is 0 Å². The Bertz CT molecular complexity index is 1280. The summed E-state index contributed by atoms with van der Waals surface area (Å²) in [6, 6.07) is -1.52. The lowest BCUT2D eigenvalue weighted by atomic mass is 10.0. The Morgan fingerprint density at radius 1 is 1.27 bits per heavy atom. The largest absolute Gasteiger partial charge is 0.475 e. The van der Waals surface area contributed by atoms with Crippen molar-refractivity contribution in [2.75, 3.05) is 41.4 Å². The molecule has 2 fully saturated rings. The number of alkyl halides is 3. The number of hydrogen-bond donors (Lipinski definition) is 2. The number of rotatable bonds is 6. The number of halogens is 3. The molecule has 3 aliphatic rings. The molecule has 0 spiro atoms. The summed E-state index contributed by atoms with van der Waals surface area (Å²) < 4.78 is 55.8. The van der Waals surface area contributed by atoms with Gasteiger partial charge in [0.1, 0.15) is 30.9 Å². The van der Waals surface area contributed by atoms with Gasteiger partial charge in [-0.05, 0) is 33.6 Å². The van der Waals surface area contributed by atoms with Crippen molar-refractivity contribution in [3.8, 4) is 5.88 Å². The number of anilines is 3. The van der Waals surface area contributed by atoms with Crippen molar-refractivity contribution in [1.29, 1.82) is 0 Å². The predicted molar refractivity (Wildman–Crippen MR) is 134 cm³/mol. The number of carbonyl (C=O) groups is 2. The van der Waals surface area contributed by atoms with Gasteiger partial charge in [0.05, 0.1) is 24.5 Å². The molecule has 3 atom stereocenters. The minimum absolute atomic E-state index is 0.125. The molecule has 2 N–H and O–H groups in total. The monoisotopic (exact) mass is 566 g/mol. The summed E-state index contributed by atoms with van der Waals surface area (Å²) in [4.78, 5) is 45.8. The van der Waals surface area contributed by atoms with E-state index in [1.807, 2.05) is 10.2 Å². The third kappa shape index (κ3) is 6.01. The first-order valence-electron chi connectivity index (χ1n) is 12.8. The van der Waals surface area contributed by atoms with Crippen molar-refractivity contribution in [3.05, 3.63) is 24.4 Å². The normalized spacial score (nSPS) is 22.4. The molecule has 2 saturated heterocycles. The second kappa shape index (κ2) is 10.6. The van der Waals surface area contributed by atoms with E-state index in [2.05, 4.69) is 25.3 Å². The van der Waals surface area contributed by atoms with E-state index in [0.717, 1.165) is 13.3 Å². The van der Waals surface area contributed by atoms with Crippen molar-refractivity contribution in [2.24, 2.45) is 0 Å². The van der Waals surface area contributed by atoms with Gasteiger partial charge in [-0.2, -0.15) is 13.2 Å². The van der Waals surface area contributed by atoms with Crippen molar-refractivity contribution >= 4 is 29.3 Å². The van der Waals surface area contributed by atoms with Gasteiger partial charge in [-0.15, -0.1) is 0 Å². The van der Waals surface area contributed by atoms with E-state index >= 15 is 0 Å². The standard InChI is InChI=1S/C24H29F3N8O5/c1-13(24(25,26)27)31-21(36)19-28-8-16-20(33-19)35(14-5-4-6-34(16)9-14)22(37)32-17-7-18(30-12-29-17)38-10-15-11-39-23(2,3)40-15/h7-8,12-15H,4-6,9-11H2,1-3H3,(H,31,36)(H,29,30,32,37)/t13-,14?,15-/m1/s1.